The highest BCUT2D eigenvalue weighted by molar-refractivity contribution is 5.83. The Balaban J connectivity index is 1.36. The van der Waals surface area contributed by atoms with E-state index in [0.717, 1.165) is 49.9 Å². The van der Waals surface area contributed by atoms with Gasteiger partial charge in [-0.15, -0.1) is 0 Å². The van der Waals surface area contributed by atoms with Crippen LogP contribution in [0, 0.1) is 29.1 Å². The first kappa shape index (κ1) is 14.0. The minimum atomic E-state index is -0.328. The van der Waals surface area contributed by atoms with Gasteiger partial charge in [0.1, 0.15) is 0 Å². The molecule has 3 heteroatoms. The molecule has 5 aliphatic rings. The van der Waals surface area contributed by atoms with Crippen LogP contribution in [-0.4, -0.2) is 23.7 Å². The summed E-state index contributed by atoms with van der Waals surface area (Å²) >= 11 is 0. The van der Waals surface area contributed by atoms with Gasteiger partial charge in [-0.05, 0) is 75.0 Å². The molecule has 5 aliphatic carbocycles. The lowest BCUT2D eigenvalue weighted by Gasteiger charge is -2.55. The van der Waals surface area contributed by atoms with Gasteiger partial charge >= 0.3 is 0 Å². The molecule has 0 aromatic rings. The highest BCUT2D eigenvalue weighted by Gasteiger charge is 2.54. The summed E-state index contributed by atoms with van der Waals surface area (Å²) in [6.07, 6.45) is 11.9. The van der Waals surface area contributed by atoms with Crippen molar-refractivity contribution in [2.45, 2.75) is 70.3 Å². The van der Waals surface area contributed by atoms with E-state index < -0.39 is 0 Å². The summed E-state index contributed by atoms with van der Waals surface area (Å²) in [5.41, 5.74) is -0.0653. The standard InChI is InChI=1S/C18H29NO2/c20-16(15-3-1-2-4-15)11-19-17(21)18-8-12-5-13(9-18)7-14(6-12)10-18/h12-16,20H,1-11H2,(H,19,21). The molecule has 4 bridgehead atoms. The number of carbonyl (C=O) groups excluding carboxylic acids is 1. The Labute approximate surface area is 127 Å². The minimum Gasteiger partial charge on any atom is -0.391 e. The van der Waals surface area contributed by atoms with Crippen molar-refractivity contribution < 1.29 is 9.90 Å². The van der Waals surface area contributed by atoms with Gasteiger partial charge < -0.3 is 10.4 Å². The van der Waals surface area contributed by atoms with Gasteiger partial charge in [-0.25, -0.2) is 0 Å². The van der Waals surface area contributed by atoms with Crippen molar-refractivity contribution in [3.8, 4) is 0 Å². The number of amides is 1. The van der Waals surface area contributed by atoms with Crippen molar-refractivity contribution in [2.75, 3.05) is 6.54 Å². The molecule has 5 rings (SSSR count). The Morgan fingerprint density at radius 2 is 1.57 bits per heavy atom. The van der Waals surface area contributed by atoms with Crippen LogP contribution in [-0.2, 0) is 4.79 Å². The first-order chi connectivity index (χ1) is 10.1. The Bertz CT molecular complexity index is 378. The molecular weight excluding hydrogens is 262 g/mol. The van der Waals surface area contributed by atoms with Crippen LogP contribution < -0.4 is 5.32 Å². The van der Waals surface area contributed by atoms with Crippen LogP contribution in [0.2, 0.25) is 0 Å². The fraction of sp³-hybridized carbons (Fsp3) is 0.944. The van der Waals surface area contributed by atoms with Gasteiger partial charge in [0.25, 0.3) is 0 Å². The van der Waals surface area contributed by atoms with Crippen molar-refractivity contribution in [1.82, 2.24) is 5.32 Å². The molecular formula is C18H29NO2. The number of nitrogens with one attached hydrogen (secondary N) is 1. The third-order valence-corrected chi connectivity index (χ3v) is 6.94. The van der Waals surface area contributed by atoms with E-state index in [-0.39, 0.29) is 17.4 Å². The largest absolute Gasteiger partial charge is 0.391 e. The number of aliphatic hydroxyl groups is 1. The van der Waals surface area contributed by atoms with Gasteiger partial charge in [0, 0.05) is 12.0 Å². The molecule has 118 valence electrons. The third-order valence-electron chi connectivity index (χ3n) is 6.94. The first-order valence-corrected chi connectivity index (χ1v) is 9.11. The summed E-state index contributed by atoms with van der Waals surface area (Å²) in [5, 5.41) is 13.4. The van der Waals surface area contributed by atoms with E-state index in [9.17, 15) is 9.90 Å². The normalized spacial score (nSPS) is 43.2. The fourth-order valence-corrected chi connectivity index (χ4v) is 6.28. The zero-order valence-electron chi connectivity index (χ0n) is 13.0. The number of carbonyl (C=O) groups is 1. The minimum absolute atomic E-state index is 0.0653. The van der Waals surface area contributed by atoms with E-state index in [4.69, 9.17) is 0 Å². The van der Waals surface area contributed by atoms with Crippen LogP contribution in [0.5, 0.6) is 0 Å². The van der Waals surface area contributed by atoms with Crippen LogP contribution in [0.25, 0.3) is 0 Å². The lowest BCUT2D eigenvalue weighted by atomic mass is 9.49. The molecule has 5 saturated carbocycles. The second kappa shape index (κ2) is 5.26. The highest BCUT2D eigenvalue weighted by atomic mass is 16.3. The van der Waals surface area contributed by atoms with Crippen LogP contribution in [0.15, 0.2) is 0 Å². The third kappa shape index (κ3) is 2.52. The molecule has 0 spiro atoms. The summed E-state index contributed by atoms with van der Waals surface area (Å²) in [5.74, 6) is 3.10. The van der Waals surface area contributed by atoms with Crippen molar-refractivity contribution in [3.05, 3.63) is 0 Å². The molecule has 1 unspecified atom stereocenters. The predicted octanol–water partition coefficient (Wildman–Crippen LogP) is 2.87. The maximum Gasteiger partial charge on any atom is 0.226 e. The second-order valence-electron chi connectivity index (χ2n) is 8.52. The second-order valence-corrected chi connectivity index (χ2v) is 8.52. The van der Waals surface area contributed by atoms with Gasteiger partial charge in [0.05, 0.1) is 6.10 Å². The summed E-state index contributed by atoms with van der Waals surface area (Å²) < 4.78 is 0. The SMILES string of the molecule is O=C(NCC(O)C1CCCC1)C12CC3CC(CC(C3)C1)C2. The Kier molecular flexibility index (Phi) is 3.52. The van der Waals surface area contributed by atoms with E-state index in [1.54, 1.807) is 0 Å². The smallest absolute Gasteiger partial charge is 0.226 e. The summed E-state index contributed by atoms with van der Waals surface area (Å²) in [7, 11) is 0. The molecule has 0 radical (unpaired) electrons. The topological polar surface area (TPSA) is 49.3 Å². The average Bonchev–Trinajstić information content (AvgIpc) is 2.97. The zero-order chi connectivity index (χ0) is 14.4. The van der Waals surface area contributed by atoms with Crippen LogP contribution in [0.3, 0.4) is 0 Å². The van der Waals surface area contributed by atoms with Gasteiger partial charge in [-0.3, -0.25) is 4.79 Å². The maximum atomic E-state index is 12.8. The van der Waals surface area contributed by atoms with E-state index >= 15 is 0 Å². The molecule has 2 N–H and O–H groups in total. The Morgan fingerprint density at radius 1 is 1.05 bits per heavy atom. The van der Waals surface area contributed by atoms with Gasteiger partial charge in [-0.2, -0.15) is 0 Å². The summed E-state index contributed by atoms with van der Waals surface area (Å²) in [6.45, 7) is 0.477. The molecule has 3 nitrogen and oxygen atoms in total. The maximum absolute atomic E-state index is 12.8. The van der Waals surface area contributed by atoms with Crippen molar-refractivity contribution >= 4 is 5.91 Å². The van der Waals surface area contributed by atoms with Crippen LogP contribution in [0.1, 0.15) is 64.2 Å². The number of hydrogen-bond donors (Lipinski definition) is 2. The monoisotopic (exact) mass is 291 g/mol. The van der Waals surface area contributed by atoms with Crippen molar-refractivity contribution in [1.29, 1.82) is 0 Å². The highest BCUT2D eigenvalue weighted by Crippen LogP contribution is 2.60. The molecule has 0 saturated heterocycles. The van der Waals surface area contributed by atoms with E-state index in [1.165, 1.54) is 32.1 Å². The molecule has 21 heavy (non-hydrogen) atoms. The lowest BCUT2D eigenvalue weighted by Crippen LogP contribution is -2.54. The molecule has 0 aliphatic heterocycles. The predicted molar refractivity (Wildman–Crippen MR) is 81.6 cm³/mol. The van der Waals surface area contributed by atoms with Gasteiger partial charge in [0.15, 0.2) is 0 Å². The summed E-state index contributed by atoms with van der Waals surface area (Å²) in [4.78, 5) is 12.8. The molecule has 1 atom stereocenters. The molecule has 1 amide bonds. The fourth-order valence-electron chi connectivity index (χ4n) is 6.28. The van der Waals surface area contributed by atoms with Gasteiger partial charge in [0.2, 0.25) is 5.91 Å². The molecule has 0 heterocycles. The molecule has 5 fully saturated rings. The number of aliphatic hydroxyl groups excluding tert-OH is 1. The number of hydrogen-bond acceptors (Lipinski definition) is 2. The average molecular weight is 291 g/mol. The zero-order valence-corrected chi connectivity index (χ0v) is 13.0. The van der Waals surface area contributed by atoms with Crippen LogP contribution in [0.4, 0.5) is 0 Å². The first-order valence-electron chi connectivity index (χ1n) is 9.11. The number of rotatable bonds is 4. The van der Waals surface area contributed by atoms with Crippen molar-refractivity contribution in [3.63, 3.8) is 0 Å². The molecule has 0 aromatic carbocycles. The Morgan fingerprint density at radius 3 is 2.10 bits per heavy atom. The molecule has 0 aromatic heterocycles. The van der Waals surface area contributed by atoms with E-state index in [0.29, 0.717) is 12.5 Å². The Hall–Kier alpha value is -0.570. The van der Waals surface area contributed by atoms with Crippen molar-refractivity contribution in [2.24, 2.45) is 29.1 Å². The van der Waals surface area contributed by atoms with Gasteiger partial charge in [-0.1, -0.05) is 12.8 Å². The quantitative estimate of drug-likeness (QED) is 0.837. The van der Waals surface area contributed by atoms with E-state index in [1.807, 2.05) is 0 Å². The van der Waals surface area contributed by atoms with Crippen LogP contribution >= 0.6 is 0 Å². The summed E-state index contributed by atoms with van der Waals surface area (Å²) in [6, 6.07) is 0. The van der Waals surface area contributed by atoms with E-state index in [2.05, 4.69) is 5.32 Å². The lowest BCUT2D eigenvalue weighted by molar-refractivity contribution is -0.146.